The van der Waals surface area contributed by atoms with E-state index in [4.69, 9.17) is 4.74 Å². The van der Waals surface area contributed by atoms with Gasteiger partial charge in [-0.1, -0.05) is 6.42 Å². The summed E-state index contributed by atoms with van der Waals surface area (Å²) in [6.07, 6.45) is 4.95. The van der Waals surface area contributed by atoms with Gasteiger partial charge in [-0.25, -0.2) is 4.79 Å². The van der Waals surface area contributed by atoms with Crippen LogP contribution < -0.4 is 4.74 Å². The van der Waals surface area contributed by atoms with E-state index in [1.54, 1.807) is 0 Å². The molecule has 0 spiro atoms. The molecule has 18 heavy (non-hydrogen) atoms. The Bertz CT molecular complexity index is 430. The number of piperidine rings is 1. The minimum absolute atomic E-state index is 0.136. The number of carboxylic acid groups (broad SMARTS) is 1. The first-order valence-electron chi connectivity index (χ1n) is 6.16. The van der Waals surface area contributed by atoms with Gasteiger partial charge in [0.2, 0.25) is 0 Å². The molecule has 6 nitrogen and oxygen atoms in total. The van der Waals surface area contributed by atoms with Gasteiger partial charge in [-0.05, 0) is 26.4 Å². The first-order chi connectivity index (χ1) is 8.63. The van der Waals surface area contributed by atoms with Crippen LogP contribution in [-0.2, 0) is 6.54 Å². The van der Waals surface area contributed by atoms with Crippen molar-refractivity contribution in [3.8, 4) is 5.75 Å². The van der Waals surface area contributed by atoms with Gasteiger partial charge in [0, 0.05) is 6.04 Å². The summed E-state index contributed by atoms with van der Waals surface area (Å²) in [6, 6.07) is 0.349. The fourth-order valence-corrected chi connectivity index (χ4v) is 2.45. The second-order valence-electron chi connectivity index (χ2n) is 4.68. The Morgan fingerprint density at radius 1 is 1.61 bits per heavy atom. The zero-order valence-electron chi connectivity index (χ0n) is 10.8. The van der Waals surface area contributed by atoms with Crippen LogP contribution in [0.2, 0.25) is 0 Å². The van der Waals surface area contributed by atoms with Crippen LogP contribution in [0.15, 0.2) is 6.20 Å². The van der Waals surface area contributed by atoms with Gasteiger partial charge in [-0.15, -0.1) is 0 Å². The Labute approximate surface area is 106 Å². The lowest BCUT2D eigenvalue weighted by atomic mass is 10.0. The fourth-order valence-electron chi connectivity index (χ4n) is 2.45. The largest absolute Gasteiger partial charge is 0.493 e. The van der Waals surface area contributed by atoms with Crippen LogP contribution in [0.1, 0.15) is 29.8 Å². The molecule has 1 aromatic heterocycles. The zero-order chi connectivity index (χ0) is 13.1. The molecule has 1 aliphatic heterocycles. The highest BCUT2D eigenvalue weighted by molar-refractivity contribution is 5.88. The van der Waals surface area contributed by atoms with Gasteiger partial charge in [0.05, 0.1) is 19.9 Å². The lowest BCUT2D eigenvalue weighted by Gasteiger charge is -2.32. The lowest BCUT2D eigenvalue weighted by molar-refractivity contribution is 0.0674. The van der Waals surface area contributed by atoms with E-state index in [9.17, 15) is 9.90 Å². The number of nitrogens with zero attached hydrogens (tertiary/aromatic N) is 3. The molecule has 1 saturated heterocycles. The molecule has 1 atom stereocenters. The highest BCUT2D eigenvalue weighted by Crippen LogP contribution is 2.21. The predicted molar refractivity (Wildman–Crippen MR) is 66.0 cm³/mol. The van der Waals surface area contributed by atoms with Gasteiger partial charge in [-0.3, -0.25) is 4.68 Å². The zero-order valence-corrected chi connectivity index (χ0v) is 10.8. The van der Waals surface area contributed by atoms with E-state index in [2.05, 4.69) is 17.0 Å². The topological polar surface area (TPSA) is 67.6 Å². The molecular weight excluding hydrogens is 234 g/mol. The minimum atomic E-state index is -0.997. The summed E-state index contributed by atoms with van der Waals surface area (Å²) in [5, 5.41) is 13.3. The summed E-state index contributed by atoms with van der Waals surface area (Å²) < 4.78 is 6.56. The van der Waals surface area contributed by atoms with E-state index >= 15 is 0 Å². The Morgan fingerprint density at radius 3 is 3.00 bits per heavy atom. The van der Waals surface area contributed by atoms with E-state index in [0.29, 0.717) is 18.3 Å². The van der Waals surface area contributed by atoms with Crippen molar-refractivity contribution in [2.75, 3.05) is 20.7 Å². The molecule has 0 saturated carbocycles. The van der Waals surface area contributed by atoms with E-state index in [1.165, 1.54) is 30.8 Å². The van der Waals surface area contributed by atoms with Gasteiger partial charge in [0.25, 0.3) is 0 Å². The van der Waals surface area contributed by atoms with Crippen LogP contribution in [0.3, 0.4) is 0 Å². The smallest absolute Gasteiger partial charge is 0.358 e. The van der Waals surface area contributed by atoms with Crippen molar-refractivity contribution in [3.05, 3.63) is 11.9 Å². The van der Waals surface area contributed by atoms with Crippen LogP contribution in [-0.4, -0.2) is 52.5 Å². The highest BCUT2D eigenvalue weighted by Gasteiger charge is 2.24. The van der Waals surface area contributed by atoms with Crippen molar-refractivity contribution < 1.29 is 14.6 Å². The molecule has 0 radical (unpaired) electrons. The monoisotopic (exact) mass is 253 g/mol. The predicted octanol–water partition coefficient (Wildman–Crippen LogP) is 1.07. The number of likely N-dealkylation sites (N-methyl/N-ethyl adjacent to an activating group) is 1. The van der Waals surface area contributed by atoms with Crippen molar-refractivity contribution in [3.63, 3.8) is 0 Å². The summed E-state index contributed by atoms with van der Waals surface area (Å²) in [7, 11) is 3.53. The SMILES string of the molecule is COc1cnn(CC2CCCCN2C)c1C(=O)O. The molecule has 0 aliphatic carbocycles. The van der Waals surface area contributed by atoms with Gasteiger partial charge in [0.1, 0.15) is 0 Å². The van der Waals surface area contributed by atoms with Crippen molar-refractivity contribution in [2.45, 2.75) is 31.8 Å². The van der Waals surface area contributed by atoms with E-state index < -0.39 is 5.97 Å². The Morgan fingerprint density at radius 2 is 2.39 bits per heavy atom. The number of hydrogen-bond donors (Lipinski definition) is 1. The quantitative estimate of drug-likeness (QED) is 0.869. The molecular formula is C12H19N3O3. The molecule has 0 bridgehead atoms. The summed E-state index contributed by atoms with van der Waals surface area (Å²) in [6.45, 7) is 1.66. The van der Waals surface area contributed by atoms with Crippen LogP contribution in [0.25, 0.3) is 0 Å². The maximum atomic E-state index is 11.2. The molecule has 2 heterocycles. The number of methoxy groups -OCH3 is 1. The van der Waals surface area contributed by atoms with Crippen LogP contribution >= 0.6 is 0 Å². The number of ether oxygens (including phenoxy) is 1. The minimum Gasteiger partial charge on any atom is -0.493 e. The van der Waals surface area contributed by atoms with E-state index in [-0.39, 0.29) is 5.69 Å². The number of carboxylic acids is 1. The third-order valence-electron chi connectivity index (χ3n) is 3.53. The molecule has 1 unspecified atom stereocenters. The number of hydrogen-bond acceptors (Lipinski definition) is 4. The number of carbonyl (C=O) groups is 1. The average molecular weight is 253 g/mol. The van der Waals surface area contributed by atoms with Gasteiger partial charge in [0.15, 0.2) is 11.4 Å². The normalized spacial score (nSPS) is 20.9. The summed E-state index contributed by atoms with van der Waals surface area (Å²) in [5.41, 5.74) is 0.136. The van der Waals surface area contributed by atoms with Crippen LogP contribution in [0.5, 0.6) is 5.75 Å². The number of likely N-dealkylation sites (tertiary alicyclic amines) is 1. The Hall–Kier alpha value is -1.56. The van der Waals surface area contributed by atoms with Crippen LogP contribution in [0.4, 0.5) is 0 Å². The Balaban J connectivity index is 2.18. The Kier molecular flexibility index (Phi) is 3.86. The number of rotatable bonds is 4. The molecule has 0 amide bonds. The van der Waals surface area contributed by atoms with Gasteiger partial charge in [-0.2, -0.15) is 5.10 Å². The molecule has 6 heteroatoms. The van der Waals surface area contributed by atoms with Crippen molar-refractivity contribution in [2.24, 2.45) is 0 Å². The van der Waals surface area contributed by atoms with E-state index in [0.717, 1.165) is 13.0 Å². The summed E-state index contributed by atoms with van der Waals surface area (Å²) in [5.74, 6) is -0.677. The molecule has 2 rings (SSSR count). The molecule has 1 fully saturated rings. The molecule has 100 valence electrons. The second kappa shape index (κ2) is 5.39. The number of aromatic nitrogens is 2. The maximum Gasteiger partial charge on any atom is 0.358 e. The fraction of sp³-hybridized carbons (Fsp3) is 0.667. The first-order valence-corrected chi connectivity index (χ1v) is 6.16. The average Bonchev–Trinajstić information content (AvgIpc) is 2.75. The number of aromatic carboxylic acids is 1. The standard InChI is InChI=1S/C12H19N3O3/c1-14-6-4-3-5-9(14)8-15-11(12(16)17)10(18-2)7-13-15/h7,9H,3-6,8H2,1-2H3,(H,16,17). The first kappa shape index (κ1) is 12.9. The van der Waals surface area contributed by atoms with Gasteiger partial charge >= 0.3 is 5.97 Å². The van der Waals surface area contributed by atoms with Crippen molar-refractivity contribution >= 4 is 5.97 Å². The third kappa shape index (κ3) is 2.48. The molecule has 0 aromatic carbocycles. The van der Waals surface area contributed by atoms with Crippen molar-refractivity contribution in [1.82, 2.24) is 14.7 Å². The molecule has 1 aromatic rings. The van der Waals surface area contributed by atoms with Crippen molar-refractivity contribution in [1.29, 1.82) is 0 Å². The summed E-state index contributed by atoms with van der Waals surface area (Å²) in [4.78, 5) is 13.5. The molecule has 1 aliphatic rings. The highest BCUT2D eigenvalue weighted by atomic mass is 16.5. The maximum absolute atomic E-state index is 11.2. The summed E-state index contributed by atoms with van der Waals surface area (Å²) >= 11 is 0. The second-order valence-corrected chi connectivity index (χ2v) is 4.68. The van der Waals surface area contributed by atoms with Gasteiger partial charge < -0.3 is 14.7 Å². The van der Waals surface area contributed by atoms with E-state index in [1.807, 2.05) is 0 Å². The van der Waals surface area contributed by atoms with Crippen LogP contribution in [0, 0.1) is 0 Å². The third-order valence-corrected chi connectivity index (χ3v) is 3.53. The molecule has 1 N–H and O–H groups in total. The lowest BCUT2D eigenvalue weighted by Crippen LogP contribution is -2.39.